The molecule has 2 heterocycles. The first-order valence-corrected chi connectivity index (χ1v) is 9.14. The number of anilines is 1. The number of nitrogens with zero attached hydrogens (tertiary/aromatic N) is 3. The summed E-state index contributed by atoms with van der Waals surface area (Å²) in [7, 11) is 0. The van der Waals surface area contributed by atoms with Crippen molar-refractivity contribution in [1.29, 1.82) is 0 Å². The van der Waals surface area contributed by atoms with Crippen LogP contribution in [0.15, 0.2) is 40.9 Å². The van der Waals surface area contributed by atoms with Gasteiger partial charge >= 0.3 is 6.09 Å². The second-order valence-electron chi connectivity index (χ2n) is 6.72. The number of aromatic nitrogens is 2. The summed E-state index contributed by atoms with van der Waals surface area (Å²) < 4.78 is 54.2. The summed E-state index contributed by atoms with van der Waals surface area (Å²) in [4.78, 5) is 27.7. The molecule has 1 fully saturated rings. The minimum Gasteiger partial charge on any atom is -0.442 e. The number of carbonyl (C=O) groups excluding carboxylic acids is 2. The van der Waals surface area contributed by atoms with E-state index in [1.165, 1.54) is 6.92 Å². The zero-order valence-electron chi connectivity index (χ0n) is 16.1. The molecular formula is C20H15F3N4O4. The first-order valence-electron chi connectivity index (χ1n) is 9.14. The largest absolute Gasteiger partial charge is 0.442 e. The monoisotopic (exact) mass is 432 g/mol. The minimum atomic E-state index is -1.59. The third-order valence-electron chi connectivity index (χ3n) is 4.55. The van der Waals surface area contributed by atoms with Crippen molar-refractivity contribution in [1.82, 2.24) is 15.5 Å². The molecule has 0 spiro atoms. The van der Waals surface area contributed by atoms with E-state index in [1.54, 1.807) is 30.3 Å². The van der Waals surface area contributed by atoms with Crippen LogP contribution in [0.4, 0.5) is 23.7 Å². The number of halogens is 3. The predicted octanol–water partition coefficient (Wildman–Crippen LogP) is 3.28. The molecule has 1 atom stereocenters. The van der Waals surface area contributed by atoms with Crippen LogP contribution in [0.3, 0.4) is 0 Å². The van der Waals surface area contributed by atoms with Gasteiger partial charge in [0.1, 0.15) is 17.5 Å². The highest BCUT2D eigenvalue weighted by molar-refractivity contribution is 5.90. The van der Waals surface area contributed by atoms with Crippen molar-refractivity contribution in [3.8, 4) is 22.8 Å². The second-order valence-corrected chi connectivity index (χ2v) is 6.72. The summed E-state index contributed by atoms with van der Waals surface area (Å²) in [5.41, 5.74) is -0.949. The van der Waals surface area contributed by atoms with Crippen LogP contribution in [0.5, 0.6) is 0 Å². The normalized spacial score (nSPS) is 15.8. The molecule has 1 saturated heterocycles. The zero-order chi connectivity index (χ0) is 22.1. The van der Waals surface area contributed by atoms with Crippen LogP contribution < -0.4 is 10.2 Å². The third-order valence-corrected chi connectivity index (χ3v) is 4.55. The third kappa shape index (κ3) is 3.93. The maximum atomic E-state index is 14.8. The van der Waals surface area contributed by atoms with Crippen molar-refractivity contribution in [2.24, 2.45) is 0 Å². The Morgan fingerprint density at radius 1 is 1.23 bits per heavy atom. The Morgan fingerprint density at radius 2 is 1.97 bits per heavy atom. The number of ether oxygens (including phenoxy) is 1. The summed E-state index contributed by atoms with van der Waals surface area (Å²) in [6.45, 7) is 1.05. The Kier molecular flexibility index (Phi) is 5.32. The molecule has 1 aliphatic heterocycles. The highest BCUT2D eigenvalue weighted by atomic mass is 19.2. The highest BCUT2D eigenvalue weighted by Crippen LogP contribution is 2.35. The van der Waals surface area contributed by atoms with E-state index < -0.39 is 46.8 Å². The SMILES string of the molecule is CC(=O)NCC1CN(c2cc(F)c(-c3nc(-c4ccccc4)no3)c(F)c2F)C(=O)O1. The van der Waals surface area contributed by atoms with Crippen molar-refractivity contribution in [3.63, 3.8) is 0 Å². The van der Waals surface area contributed by atoms with Crippen LogP contribution >= 0.6 is 0 Å². The van der Waals surface area contributed by atoms with Crippen molar-refractivity contribution in [3.05, 3.63) is 53.8 Å². The van der Waals surface area contributed by atoms with Gasteiger partial charge in [0.15, 0.2) is 11.6 Å². The van der Waals surface area contributed by atoms with Gasteiger partial charge in [-0.15, -0.1) is 0 Å². The lowest BCUT2D eigenvalue weighted by Crippen LogP contribution is -2.33. The van der Waals surface area contributed by atoms with Crippen LogP contribution in [0.2, 0.25) is 0 Å². The Morgan fingerprint density at radius 3 is 2.68 bits per heavy atom. The molecule has 31 heavy (non-hydrogen) atoms. The Balaban J connectivity index is 1.64. The first kappa shape index (κ1) is 20.4. The molecule has 1 aliphatic rings. The fourth-order valence-electron chi connectivity index (χ4n) is 3.09. The van der Waals surface area contributed by atoms with Gasteiger partial charge in [-0.1, -0.05) is 35.5 Å². The van der Waals surface area contributed by atoms with E-state index in [-0.39, 0.29) is 24.8 Å². The number of carbonyl (C=O) groups is 2. The molecule has 0 bridgehead atoms. The molecule has 2 amide bonds. The Bertz CT molecular complexity index is 1150. The predicted molar refractivity (Wildman–Crippen MR) is 101 cm³/mol. The van der Waals surface area contributed by atoms with Crippen LogP contribution in [0, 0.1) is 17.5 Å². The van der Waals surface area contributed by atoms with Gasteiger partial charge in [0.2, 0.25) is 11.7 Å². The van der Waals surface area contributed by atoms with Gasteiger partial charge in [0.05, 0.1) is 18.8 Å². The van der Waals surface area contributed by atoms with Crippen molar-refractivity contribution < 1.29 is 32.0 Å². The standard InChI is InChI=1S/C20H15F3N4O4/c1-10(28)24-8-12-9-27(20(29)30-12)14-7-13(21)15(17(23)16(14)22)19-25-18(26-31-19)11-5-3-2-4-6-11/h2-7,12H,8-9H2,1H3,(H,24,28). The second kappa shape index (κ2) is 8.09. The number of amides is 2. The van der Waals surface area contributed by atoms with Gasteiger partial charge in [-0.2, -0.15) is 4.98 Å². The van der Waals surface area contributed by atoms with E-state index in [1.807, 2.05) is 0 Å². The number of benzene rings is 2. The van der Waals surface area contributed by atoms with E-state index in [0.717, 1.165) is 4.90 Å². The molecule has 11 heteroatoms. The van der Waals surface area contributed by atoms with Gasteiger partial charge in [0, 0.05) is 18.6 Å². The van der Waals surface area contributed by atoms with Gasteiger partial charge in [0.25, 0.3) is 5.89 Å². The summed E-state index contributed by atoms with van der Waals surface area (Å²) in [5.74, 6) is -5.09. The Hall–Kier alpha value is -3.89. The lowest BCUT2D eigenvalue weighted by atomic mass is 10.1. The summed E-state index contributed by atoms with van der Waals surface area (Å²) >= 11 is 0. The van der Waals surface area contributed by atoms with Gasteiger partial charge in [-0.25, -0.2) is 18.0 Å². The molecule has 1 N–H and O–H groups in total. The molecule has 0 saturated carbocycles. The summed E-state index contributed by atoms with van der Waals surface area (Å²) in [5, 5.41) is 6.12. The van der Waals surface area contributed by atoms with Crippen molar-refractivity contribution >= 4 is 17.7 Å². The smallest absolute Gasteiger partial charge is 0.414 e. The minimum absolute atomic E-state index is 0.0213. The highest BCUT2D eigenvalue weighted by Gasteiger charge is 2.36. The fourth-order valence-corrected chi connectivity index (χ4v) is 3.09. The Labute approximate surface area is 173 Å². The topological polar surface area (TPSA) is 97.6 Å². The van der Waals surface area contributed by atoms with E-state index in [4.69, 9.17) is 9.26 Å². The lowest BCUT2D eigenvalue weighted by molar-refractivity contribution is -0.119. The molecule has 0 radical (unpaired) electrons. The number of nitrogens with one attached hydrogen (secondary N) is 1. The molecule has 1 unspecified atom stereocenters. The molecule has 3 aromatic rings. The molecule has 1 aromatic heterocycles. The maximum absolute atomic E-state index is 14.8. The summed E-state index contributed by atoms with van der Waals surface area (Å²) in [6.07, 6.45) is -1.80. The molecular weight excluding hydrogens is 417 g/mol. The van der Waals surface area contributed by atoms with Crippen LogP contribution in [-0.4, -0.2) is 41.3 Å². The average Bonchev–Trinajstić information content (AvgIpc) is 3.37. The number of cyclic esters (lactones) is 1. The quantitative estimate of drug-likeness (QED) is 0.622. The van der Waals surface area contributed by atoms with Crippen molar-refractivity contribution in [2.45, 2.75) is 13.0 Å². The van der Waals surface area contributed by atoms with E-state index in [9.17, 15) is 22.8 Å². The fraction of sp³-hybridized carbons (Fsp3) is 0.200. The molecule has 160 valence electrons. The molecule has 4 rings (SSSR count). The van der Waals surface area contributed by atoms with Crippen LogP contribution in [-0.2, 0) is 9.53 Å². The van der Waals surface area contributed by atoms with Crippen LogP contribution in [0.1, 0.15) is 6.92 Å². The van der Waals surface area contributed by atoms with E-state index >= 15 is 0 Å². The number of rotatable bonds is 5. The van der Waals surface area contributed by atoms with Gasteiger partial charge in [-0.05, 0) is 0 Å². The van der Waals surface area contributed by atoms with Crippen molar-refractivity contribution in [2.75, 3.05) is 18.0 Å². The van der Waals surface area contributed by atoms with Gasteiger partial charge < -0.3 is 14.6 Å². The van der Waals surface area contributed by atoms with E-state index in [2.05, 4.69) is 15.5 Å². The number of hydrogen-bond donors (Lipinski definition) is 1. The maximum Gasteiger partial charge on any atom is 0.414 e. The van der Waals surface area contributed by atoms with Crippen LogP contribution in [0.25, 0.3) is 22.8 Å². The average molecular weight is 432 g/mol. The zero-order valence-corrected chi connectivity index (χ0v) is 16.1. The van der Waals surface area contributed by atoms with Gasteiger partial charge in [-0.3, -0.25) is 9.69 Å². The molecule has 2 aromatic carbocycles. The lowest BCUT2D eigenvalue weighted by Gasteiger charge is -2.15. The summed E-state index contributed by atoms with van der Waals surface area (Å²) in [6, 6.07) is 9.19. The number of hydrogen-bond acceptors (Lipinski definition) is 6. The molecule has 0 aliphatic carbocycles. The molecule has 8 nitrogen and oxygen atoms in total. The first-order chi connectivity index (χ1) is 14.8. The van der Waals surface area contributed by atoms with E-state index in [0.29, 0.717) is 11.6 Å².